The van der Waals surface area contributed by atoms with Crippen molar-refractivity contribution in [3.05, 3.63) is 52.8 Å². The molecule has 2 N–H and O–H groups in total. The maximum atomic E-state index is 13.4. The smallest absolute Gasteiger partial charge is 0.200 e. The van der Waals surface area contributed by atoms with Gasteiger partial charge in [0, 0.05) is 0 Å². The summed E-state index contributed by atoms with van der Waals surface area (Å²) in [5.41, 5.74) is 0.857. The lowest BCUT2D eigenvalue weighted by molar-refractivity contribution is 0.318. The number of nitrogens with zero attached hydrogens (tertiary/aromatic N) is 1. The second kappa shape index (κ2) is 7.16. The summed E-state index contributed by atoms with van der Waals surface area (Å²) in [6.45, 7) is 1.99. The summed E-state index contributed by atoms with van der Waals surface area (Å²) in [6.07, 6.45) is 1.06. The zero-order chi connectivity index (χ0) is 17.9. The lowest BCUT2D eigenvalue weighted by Crippen LogP contribution is -2.06. The van der Waals surface area contributed by atoms with Crippen LogP contribution in [0.25, 0.3) is 0 Å². The average molecular weight is 346 g/mol. The number of anilines is 1. The number of halogens is 5. The lowest BCUT2D eigenvalue weighted by Gasteiger charge is -2.07. The summed E-state index contributed by atoms with van der Waals surface area (Å²) >= 11 is 0. The summed E-state index contributed by atoms with van der Waals surface area (Å²) in [4.78, 5) is 0. The molecule has 0 heterocycles. The summed E-state index contributed by atoms with van der Waals surface area (Å²) in [5, 5.41) is 13.0. The van der Waals surface area contributed by atoms with Gasteiger partial charge in [0.1, 0.15) is 5.69 Å². The van der Waals surface area contributed by atoms with Crippen LogP contribution in [-0.2, 0) is 0 Å². The number of rotatable bonds is 5. The molecule has 0 saturated heterocycles. The highest BCUT2D eigenvalue weighted by Crippen LogP contribution is 2.28. The second-order valence-electron chi connectivity index (χ2n) is 4.48. The van der Waals surface area contributed by atoms with Gasteiger partial charge in [0.15, 0.2) is 34.8 Å². The zero-order valence-electron chi connectivity index (χ0n) is 12.2. The first-order valence-electron chi connectivity index (χ1n) is 6.63. The molecule has 0 radical (unpaired) electrons. The number of nitrogens with one attached hydrogen (secondary N) is 1. The first kappa shape index (κ1) is 17.5. The van der Waals surface area contributed by atoms with Gasteiger partial charge < -0.3 is 9.84 Å². The molecule has 2 aromatic rings. The monoisotopic (exact) mass is 346 g/mol. The van der Waals surface area contributed by atoms with E-state index in [0.717, 1.165) is 6.21 Å². The molecule has 0 atom stereocenters. The van der Waals surface area contributed by atoms with Gasteiger partial charge in [-0.25, -0.2) is 22.0 Å². The standard InChI is InChI=1S/C15H11F5N2O2/c1-2-24-9-5-7(3-4-8(9)23)6-21-22-15-13(19)11(17)10(16)12(18)14(15)20/h3-6,22-23H,2H2,1H3. The Morgan fingerprint density at radius 3 is 2.21 bits per heavy atom. The van der Waals surface area contributed by atoms with E-state index in [1.807, 2.05) is 0 Å². The Morgan fingerprint density at radius 1 is 1.04 bits per heavy atom. The highest BCUT2D eigenvalue weighted by molar-refractivity contribution is 5.81. The number of aromatic hydroxyl groups is 1. The number of ether oxygens (including phenoxy) is 1. The van der Waals surface area contributed by atoms with Crippen LogP contribution in [-0.4, -0.2) is 17.9 Å². The molecule has 0 aliphatic rings. The van der Waals surface area contributed by atoms with E-state index in [0.29, 0.717) is 5.56 Å². The van der Waals surface area contributed by atoms with Crippen molar-refractivity contribution in [2.75, 3.05) is 12.0 Å². The van der Waals surface area contributed by atoms with Crippen molar-refractivity contribution in [2.24, 2.45) is 5.10 Å². The molecule has 128 valence electrons. The summed E-state index contributed by atoms with van der Waals surface area (Å²) < 4.78 is 71.0. The van der Waals surface area contributed by atoms with Crippen molar-refractivity contribution < 1.29 is 31.8 Å². The van der Waals surface area contributed by atoms with Crippen LogP contribution < -0.4 is 10.2 Å². The van der Waals surface area contributed by atoms with Crippen LogP contribution in [0, 0.1) is 29.1 Å². The Kier molecular flexibility index (Phi) is 5.22. The molecule has 4 nitrogen and oxygen atoms in total. The quantitative estimate of drug-likeness (QED) is 0.284. The highest BCUT2D eigenvalue weighted by Gasteiger charge is 2.25. The molecular weight excluding hydrogens is 335 g/mol. The fourth-order valence-electron chi connectivity index (χ4n) is 1.76. The van der Waals surface area contributed by atoms with Crippen molar-refractivity contribution >= 4 is 11.9 Å². The Balaban J connectivity index is 2.26. The molecule has 0 unspecified atom stereocenters. The molecule has 9 heteroatoms. The van der Waals surface area contributed by atoms with Crippen molar-refractivity contribution in [3.8, 4) is 11.5 Å². The van der Waals surface area contributed by atoms with Gasteiger partial charge in [-0.1, -0.05) is 0 Å². The third-order valence-corrected chi connectivity index (χ3v) is 2.88. The molecule has 0 bridgehead atoms. The van der Waals surface area contributed by atoms with Gasteiger partial charge in [-0.3, -0.25) is 5.43 Å². The van der Waals surface area contributed by atoms with E-state index in [4.69, 9.17) is 4.74 Å². The molecule has 0 aliphatic carbocycles. The maximum absolute atomic E-state index is 13.4. The van der Waals surface area contributed by atoms with E-state index >= 15 is 0 Å². The number of hydrazone groups is 1. The molecule has 0 aromatic heterocycles. The first-order chi connectivity index (χ1) is 11.4. The highest BCUT2D eigenvalue weighted by atomic mass is 19.2. The van der Waals surface area contributed by atoms with E-state index < -0.39 is 34.8 Å². The molecule has 0 spiro atoms. The van der Waals surface area contributed by atoms with Gasteiger partial charge in [0.05, 0.1) is 12.8 Å². The van der Waals surface area contributed by atoms with E-state index in [9.17, 15) is 27.1 Å². The molecule has 0 saturated carbocycles. The van der Waals surface area contributed by atoms with Crippen LogP contribution in [0.5, 0.6) is 11.5 Å². The van der Waals surface area contributed by atoms with Gasteiger partial charge in [0.25, 0.3) is 0 Å². The van der Waals surface area contributed by atoms with Crippen LogP contribution in [0.15, 0.2) is 23.3 Å². The zero-order valence-corrected chi connectivity index (χ0v) is 12.2. The normalized spacial score (nSPS) is 11.1. The largest absolute Gasteiger partial charge is 0.504 e. The van der Waals surface area contributed by atoms with Crippen LogP contribution in [0.4, 0.5) is 27.6 Å². The van der Waals surface area contributed by atoms with Crippen LogP contribution >= 0.6 is 0 Å². The number of hydrogen-bond donors (Lipinski definition) is 2. The van der Waals surface area contributed by atoms with E-state index in [-0.39, 0.29) is 18.1 Å². The van der Waals surface area contributed by atoms with E-state index in [1.165, 1.54) is 18.2 Å². The van der Waals surface area contributed by atoms with Gasteiger partial charge in [-0.15, -0.1) is 0 Å². The third kappa shape index (κ3) is 3.39. The molecule has 0 aliphatic heterocycles. The number of benzene rings is 2. The number of hydrogen-bond acceptors (Lipinski definition) is 4. The van der Waals surface area contributed by atoms with E-state index in [1.54, 1.807) is 12.3 Å². The number of phenols is 1. The van der Waals surface area contributed by atoms with Crippen molar-refractivity contribution in [1.82, 2.24) is 0 Å². The summed E-state index contributed by atoms with van der Waals surface area (Å²) in [6, 6.07) is 4.08. The Labute approximate surface area is 133 Å². The first-order valence-corrected chi connectivity index (χ1v) is 6.63. The molecule has 0 amide bonds. The third-order valence-electron chi connectivity index (χ3n) is 2.88. The summed E-state index contributed by atoms with van der Waals surface area (Å²) in [7, 11) is 0. The molecule has 2 rings (SSSR count). The maximum Gasteiger partial charge on any atom is 0.200 e. The Bertz CT molecular complexity index is 767. The Hall–Kier alpha value is -2.84. The average Bonchev–Trinajstić information content (AvgIpc) is 2.57. The summed E-state index contributed by atoms with van der Waals surface area (Å²) in [5.74, 6) is -10.4. The van der Waals surface area contributed by atoms with Gasteiger partial charge >= 0.3 is 0 Å². The Morgan fingerprint density at radius 2 is 1.62 bits per heavy atom. The predicted molar refractivity (Wildman–Crippen MR) is 76.7 cm³/mol. The van der Waals surface area contributed by atoms with Crippen molar-refractivity contribution in [2.45, 2.75) is 6.92 Å². The minimum absolute atomic E-state index is 0.123. The number of phenolic OH excluding ortho intramolecular Hbond substituents is 1. The predicted octanol–water partition coefficient (Wildman–Crippen LogP) is 3.93. The fourth-order valence-corrected chi connectivity index (χ4v) is 1.76. The van der Waals surface area contributed by atoms with Gasteiger partial charge in [0.2, 0.25) is 5.82 Å². The van der Waals surface area contributed by atoms with Crippen LogP contribution in [0.3, 0.4) is 0 Å². The van der Waals surface area contributed by atoms with E-state index in [2.05, 4.69) is 5.10 Å². The fraction of sp³-hybridized carbons (Fsp3) is 0.133. The van der Waals surface area contributed by atoms with Crippen molar-refractivity contribution in [3.63, 3.8) is 0 Å². The second-order valence-corrected chi connectivity index (χ2v) is 4.48. The van der Waals surface area contributed by atoms with Crippen LogP contribution in [0.1, 0.15) is 12.5 Å². The minimum atomic E-state index is -2.25. The minimum Gasteiger partial charge on any atom is -0.504 e. The molecular formula is C15H11F5N2O2. The lowest BCUT2D eigenvalue weighted by atomic mass is 10.2. The molecule has 24 heavy (non-hydrogen) atoms. The molecule has 2 aromatic carbocycles. The van der Waals surface area contributed by atoms with Crippen LogP contribution in [0.2, 0.25) is 0 Å². The topological polar surface area (TPSA) is 53.8 Å². The van der Waals surface area contributed by atoms with Crippen molar-refractivity contribution in [1.29, 1.82) is 0 Å². The molecule has 0 fully saturated rings. The van der Waals surface area contributed by atoms with Gasteiger partial charge in [-0.2, -0.15) is 5.10 Å². The SMILES string of the molecule is CCOc1cc(C=NNc2c(F)c(F)c(F)c(F)c2F)ccc1O. The van der Waals surface area contributed by atoms with Gasteiger partial charge in [-0.05, 0) is 30.7 Å².